The van der Waals surface area contributed by atoms with E-state index in [0.29, 0.717) is 18.1 Å². The van der Waals surface area contributed by atoms with E-state index >= 15 is 0 Å². The molecule has 2 aromatic rings. The molecule has 116 valence electrons. The lowest BCUT2D eigenvalue weighted by Crippen LogP contribution is -2.40. The van der Waals surface area contributed by atoms with Crippen molar-refractivity contribution in [3.05, 3.63) is 70.7 Å². The number of benzene rings is 2. The molecule has 0 radical (unpaired) electrons. The van der Waals surface area contributed by atoms with Crippen molar-refractivity contribution in [2.45, 2.75) is 13.1 Å². The first-order valence-electron chi connectivity index (χ1n) is 7.11. The van der Waals surface area contributed by atoms with E-state index in [1.807, 2.05) is 48.5 Å². The zero-order chi connectivity index (χ0) is 15.8. The molecule has 2 aromatic carbocycles. The van der Waals surface area contributed by atoms with Gasteiger partial charge in [-0.3, -0.25) is 0 Å². The standard InChI is InChI=1S/C17H19ClN2O2/c18-16-8-4-7-15(11-16)12-19-17(22)20(9-10-21)13-14-5-2-1-3-6-14/h1-8,11,21H,9-10,12-13H2,(H,19,22). The molecule has 2 rings (SSSR count). The van der Waals surface area contributed by atoms with Gasteiger partial charge in [-0.05, 0) is 23.3 Å². The summed E-state index contributed by atoms with van der Waals surface area (Å²) in [5.74, 6) is 0. The number of hydrogen-bond donors (Lipinski definition) is 2. The topological polar surface area (TPSA) is 52.6 Å². The van der Waals surface area contributed by atoms with Crippen molar-refractivity contribution < 1.29 is 9.90 Å². The van der Waals surface area contributed by atoms with Gasteiger partial charge in [-0.2, -0.15) is 0 Å². The number of nitrogens with one attached hydrogen (secondary N) is 1. The lowest BCUT2D eigenvalue weighted by molar-refractivity contribution is 0.173. The highest BCUT2D eigenvalue weighted by Gasteiger charge is 2.13. The van der Waals surface area contributed by atoms with Crippen LogP contribution in [-0.2, 0) is 13.1 Å². The maximum absolute atomic E-state index is 12.3. The van der Waals surface area contributed by atoms with Crippen LogP contribution in [-0.4, -0.2) is 29.2 Å². The summed E-state index contributed by atoms with van der Waals surface area (Å²) in [6, 6.07) is 16.8. The molecule has 2 amide bonds. The Labute approximate surface area is 135 Å². The van der Waals surface area contributed by atoms with E-state index in [1.165, 1.54) is 0 Å². The number of amides is 2. The molecule has 0 fully saturated rings. The molecule has 0 unspecified atom stereocenters. The number of urea groups is 1. The number of hydrogen-bond acceptors (Lipinski definition) is 2. The zero-order valence-electron chi connectivity index (χ0n) is 12.2. The lowest BCUT2D eigenvalue weighted by Gasteiger charge is -2.22. The van der Waals surface area contributed by atoms with Crippen molar-refractivity contribution in [1.29, 1.82) is 0 Å². The maximum Gasteiger partial charge on any atom is 0.318 e. The van der Waals surface area contributed by atoms with Crippen LogP contribution in [0.15, 0.2) is 54.6 Å². The van der Waals surface area contributed by atoms with Crippen LogP contribution in [0.5, 0.6) is 0 Å². The maximum atomic E-state index is 12.3. The van der Waals surface area contributed by atoms with Gasteiger partial charge in [0.2, 0.25) is 0 Å². The molecule has 0 saturated heterocycles. The average molecular weight is 319 g/mol. The number of aliphatic hydroxyl groups is 1. The van der Waals surface area contributed by atoms with Gasteiger partial charge in [0.05, 0.1) is 6.61 Å². The minimum absolute atomic E-state index is 0.0720. The van der Waals surface area contributed by atoms with Crippen LogP contribution >= 0.6 is 11.6 Å². The molecular weight excluding hydrogens is 300 g/mol. The Morgan fingerprint density at radius 3 is 2.50 bits per heavy atom. The molecule has 22 heavy (non-hydrogen) atoms. The van der Waals surface area contributed by atoms with Crippen LogP contribution in [0, 0.1) is 0 Å². The van der Waals surface area contributed by atoms with Crippen molar-refractivity contribution >= 4 is 17.6 Å². The van der Waals surface area contributed by atoms with E-state index in [0.717, 1.165) is 11.1 Å². The summed E-state index contributed by atoms with van der Waals surface area (Å²) < 4.78 is 0. The molecule has 0 aliphatic heterocycles. The normalized spacial score (nSPS) is 10.3. The Bertz CT molecular complexity index is 605. The smallest absolute Gasteiger partial charge is 0.318 e. The Hall–Kier alpha value is -2.04. The van der Waals surface area contributed by atoms with E-state index < -0.39 is 0 Å². The van der Waals surface area contributed by atoms with E-state index in [2.05, 4.69) is 5.32 Å². The third-order valence-electron chi connectivity index (χ3n) is 3.21. The van der Waals surface area contributed by atoms with Gasteiger partial charge in [0, 0.05) is 24.7 Å². The highest BCUT2D eigenvalue weighted by molar-refractivity contribution is 6.30. The number of carbonyl (C=O) groups is 1. The summed E-state index contributed by atoms with van der Waals surface area (Å²) in [7, 11) is 0. The second-order valence-electron chi connectivity index (χ2n) is 4.92. The molecule has 0 heterocycles. The predicted octanol–water partition coefficient (Wildman–Crippen LogP) is 3.04. The first kappa shape index (κ1) is 16.3. The number of carbonyl (C=O) groups excluding carboxylic acids is 1. The van der Waals surface area contributed by atoms with Crippen LogP contribution in [0.1, 0.15) is 11.1 Å². The minimum atomic E-state index is -0.210. The van der Waals surface area contributed by atoms with Gasteiger partial charge in [-0.1, -0.05) is 54.1 Å². The Kier molecular flexibility index (Phi) is 6.25. The fraction of sp³-hybridized carbons (Fsp3) is 0.235. The monoisotopic (exact) mass is 318 g/mol. The lowest BCUT2D eigenvalue weighted by atomic mass is 10.2. The third-order valence-corrected chi connectivity index (χ3v) is 3.44. The highest BCUT2D eigenvalue weighted by atomic mass is 35.5. The second kappa shape index (κ2) is 8.41. The quantitative estimate of drug-likeness (QED) is 0.860. The summed E-state index contributed by atoms with van der Waals surface area (Å²) in [6.07, 6.45) is 0. The van der Waals surface area contributed by atoms with Gasteiger partial charge in [0.25, 0.3) is 0 Å². The van der Waals surface area contributed by atoms with Crippen molar-refractivity contribution in [3.63, 3.8) is 0 Å². The van der Waals surface area contributed by atoms with Crippen molar-refractivity contribution in [2.24, 2.45) is 0 Å². The third kappa shape index (κ3) is 5.06. The van der Waals surface area contributed by atoms with Crippen LogP contribution in [0.4, 0.5) is 4.79 Å². The molecule has 0 atom stereocenters. The van der Waals surface area contributed by atoms with Crippen molar-refractivity contribution in [3.8, 4) is 0 Å². The second-order valence-corrected chi connectivity index (χ2v) is 5.36. The van der Waals surface area contributed by atoms with Gasteiger partial charge < -0.3 is 15.3 Å². The van der Waals surface area contributed by atoms with Crippen LogP contribution in [0.2, 0.25) is 5.02 Å². The Morgan fingerprint density at radius 1 is 1.09 bits per heavy atom. The summed E-state index contributed by atoms with van der Waals surface area (Å²) >= 11 is 5.92. The largest absolute Gasteiger partial charge is 0.395 e. The Morgan fingerprint density at radius 2 is 1.82 bits per heavy atom. The van der Waals surface area contributed by atoms with Crippen LogP contribution in [0.25, 0.3) is 0 Å². The molecule has 0 aliphatic carbocycles. The predicted molar refractivity (Wildman–Crippen MR) is 87.6 cm³/mol. The van der Waals surface area contributed by atoms with Crippen LogP contribution in [0.3, 0.4) is 0 Å². The van der Waals surface area contributed by atoms with E-state index in [-0.39, 0.29) is 19.2 Å². The molecule has 2 N–H and O–H groups in total. The van der Waals surface area contributed by atoms with Crippen molar-refractivity contribution in [1.82, 2.24) is 10.2 Å². The molecule has 0 bridgehead atoms. The van der Waals surface area contributed by atoms with E-state index in [9.17, 15) is 4.79 Å². The highest BCUT2D eigenvalue weighted by Crippen LogP contribution is 2.10. The van der Waals surface area contributed by atoms with Gasteiger partial charge in [0.1, 0.15) is 0 Å². The van der Waals surface area contributed by atoms with Gasteiger partial charge in [0.15, 0.2) is 0 Å². The zero-order valence-corrected chi connectivity index (χ0v) is 13.0. The first-order chi connectivity index (χ1) is 10.7. The summed E-state index contributed by atoms with van der Waals surface area (Å²) in [5.41, 5.74) is 1.96. The molecule has 0 aliphatic rings. The van der Waals surface area contributed by atoms with Crippen LogP contribution < -0.4 is 5.32 Å². The summed E-state index contributed by atoms with van der Waals surface area (Å²) in [4.78, 5) is 13.8. The van der Waals surface area contributed by atoms with Gasteiger partial charge >= 0.3 is 6.03 Å². The van der Waals surface area contributed by atoms with Crippen molar-refractivity contribution in [2.75, 3.05) is 13.2 Å². The van der Waals surface area contributed by atoms with Gasteiger partial charge in [-0.15, -0.1) is 0 Å². The van der Waals surface area contributed by atoms with E-state index in [1.54, 1.807) is 11.0 Å². The fourth-order valence-electron chi connectivity index (χ4n) is 2.11. The number of rotatable bonds is 6. The average Bonchev–Trinajstić information content (AvgIpc) is 2.53. The number of aliphatic hydroxyl groups excluding tert-OH is 1. The summed E-state index contributed by atoms with van der Waals surface area (Å²) in [5, 5.41) is 12.6. The summed E-state index contributed by atoms with van der Waals surface area (Å²) in [6.45, 7) is 1.08. The van der Waals surface area contributed by atoms with Gasteiger partial charge in [-0.25, -0.2) is 4.79 Å². The SMILES string of the molecule is O=C(NCc1cccc(Cl)c1)N(CCO)Cc1ccccc1. The molecule has 0 saturated carbocycles. The molecule has 4 nitrogen and oxygen atoms in total. The first-order valence-corrected chi connectivity index (χ1v) is 7.49. The number of halogens is 1. The van der Waals surface area contributed by atoms with E-state index in [4.69, 9.17) is 16.7 Å². The molecule has 0 spiro atoms. The Balaban J connectivity index is 1.94. The molecule has 5 heteroatoms. The molecule has 0 aromatic heterocycles. The minimum Gasteiger partial charge on any atom is -0.395 e. The number of nitrogens with zero attached hydrogens (tertiary/aromatic N) is 1. The fourth-order valence-corrected chi connectivity index (χ4v) is 2.33. The molecular formula is C17H19ClN2O2.